The van der Waals surface area contributed by atoms with Crippen LogP contribution < -0.4 is 5.73 Å². The summed E-state index contributed by atoms with van der Waals surface area (Å²) in [4.78, 5) is 0. The fourth-order valence-electron chi connectivity index (χ4n) is 2.46. The van der Waals surface area contributed by atoms with Crippen LogP contribution in [0.5, 0.6) is 0 Å². The van der Waals surface area contributed by atoms with Crippen LogP contribution >= 0.6 is 0 Å². The molecule has 0 amide bonds. The van der Waals surface area contributed by atoms with E-state index in [2.05, 4.69) is 5.73 Å². The van der Waals surface area contributed by atoms with Crippen LogP contribution in [0.15, 0.2) is 0 Å². The molecule has 0 aromatic heterocycles. The summed E-state index contributed by atoms with van der Waals surface area (Å²) < 4.78 is 304. The van der Waals surface area contributed by atoms with Gasteiger partial charge in [-0.05, 0) is 0 Å². The third-order valence-corrected chi connectivity index (χ3v) is 4.80. The molecule has 3 N–H and O–H groups in total. The molecule has 0 heterocycles. The molecule has 39 heavy (non-hydrogen) atoms. The van der Waals surface area contributed by atoms with E-state index in [1.54, 1.807) is 0 Å². The maximum atomic E-state index is 13.6. The third-order valence-electron chi connectivity index (χ3n) is 4.80. The van der Waals surface area contributed by atoms with E-state index >= 15 is 0 Å². The van der Waals surface area contributed by atoms with Crippen molar-refractivity contribution in [1.29, 1.82) is 0 Å². The lowest BCUT2D eigenvalue weighted by Gasteiger charge is -2.46. The lowest BCUT2D eigenvalue weighted by atomic mass is 9.82. The Hall–Kier alpha value is -1.69. The summed E-state index contributed by atoms with van der Waals surface area (Å²) in [7, 11) is 0. The zero-order valence-corrected chi connectivity index (χ0v) is 17.2. The lowest BCUT2D eigenvalue weighted by Crippen LogP contribution is -2.79. The highest BCUT2D eigenvalue weighted by atomic mass is 19.4. The van der Waals surface area contributed by atoms with Gasteiger partial charge in [0.25, 0.3) is 0 Å². The van der Waals surface area contributed by atoms with Gasteiger partial charge in [0.05, 0.1) is 6.10 Å². The molecule has 0 aliphatic heterocycles. The molecule has 236 valence electrons. The molecule has 2 nitrogen and oxygen atoms in total. The number of hydrogen-bond donors (Lipinski definition) is 2. The predicted molar refractivity (Wildman–Crippen MR) is 75.2 cm³/mol. The molecule has 0 aromatic rings. The van der Waals surface area contributed by atoms with Crippen molar-refractivity contribution in [3.8, 4) is 0 Å². The molecule has 0 aromatic carbocycles. The smallest absolute Gasteiger partial charge is 0.392 e. The molecule has 0 bridgehead atoms. The van der Waals surface area contributed by atoms with Gasteiger partial charge in [0.2, 0.25) is 0 Å². The molecule has 0 aliphatic rings. The van der Waals surface area contributed by atoms with E-state index in [0.29, 0.717) is 0 Å². The van der Waals surface area contributed by atoms with E-state index in [4.69, 9.17) is 5.11 Å². The van der Waals surface area contributed by atoms with Gasteiger partial charge < -0.3 is 10.8 Å². The highest BCUT2D eigenvalue weighted by Crippen LogP contribution is 2.67. The Bertz CT molecular complexity index is 855. The third kappa shape index (κ3) is 4.71. The lowest BCUT2D eigenvalue weighted by molar-refractivity contribution is -0.481. The molecule has 25 heteroatoms. The van der Waals surface area contributed by atoms with Gasteiger partial charge in [-0.2, -0.15) is 96.6 Å². The first-order valence-electron chi connectivity index (χ1n) is 8.68. The Morgan fingerprint density at radius 3 is 0.872 bits per heavy atom. The Morgan fingerprint density at radius 1 is 0.410 bits per heavy atom. The Kier molecular flexibility index (Phi) is 9.02. The highest BCUT2D eigenvalue weighted by molar-refractivity contribution is 5.20. The molecule has 1 atom stereocenters. The zero-order chi connectivity index (χ0) is 32.5. The van der Waals surface area contributed by atoms with Crippen LogP contribution in [-0.2, 0) is 0 Å². The maximum Gasteiger partial charge on any atom is 0.438 e. The van der Waals surface area contributed by atoms with Crippen LogP contribution in [0.1, 0.15) is 6.42 Å². The second-order valence-corrected chi connectivity index (χ2v) is 7.47. The van der Waals surface area contributed by atoms with E-state index in [1.807, 2.05) is 0 Å². The normalized spacial score (nSPS) is 17.5. The SMILES string of the molecule is NCC(O)CC(F)(F)C(F)(F)C(F)(F)C(F)(F)C(F)(F)C(F)(F)C(F)(F)C(F)(F)C(F)(C(F)(F)F)C(F)(F)F. The van der Waals surface area contributed by atoms with Crippen molar-refractivity contribution >= 4 is 0 Å². The van der Waals surface area contributed by atoms with Crippen LogP contribution in [0.3, 0.4) is 0 Å². The molecule has 0 rings (SSSR count). The fraction of sp³-hybridized carbons (Fsp3) is 1.00. The van der Waals surface area contributed by atoms with Crippen molar-refractivity contribution in [3.63, 3.8) is 0 Å². The van der Waals surface area contributed by atoms with Gasteiger partial charge in [-0.1, -0.05) is 0 Å². The van der Waals surface area contributed by atoms with E-state index in [9.17, 15) is 101 Å². The summed E-state index contributed by atoms with van der Waals surface area (Å²) in [6.07, 6.45) is -23.4. The number of aliphatic hydroxyl groups is 1. The van der Waals surface area contributed by atoms with Gasteiger partial charge >= 0.3 is 65.4 Å². The average molecular weight is 643 g/mol. The average Bonchev–Trinajstić information content (AvgIpc) is 2.69. The molecule has 0 radical (unpaired) electrons. The quantitative estimate of drug-likeness (QED) is 0.249. The minimum Gasteiger partial charge on any atom is -0.392 e. The first-order valence-corrected chi connectivity index (χ1v) is 8.68. The van der Waals surface area contributed by atoms with Gasteiger partial charge in [-0.3, -0.25) is 0 Å². The summed E-state index contributed by atoms with van der Waals surface area (Å²) in [6, 6.07) is 0. The van der Waals surface area contributed by atoms with Gasteiger partial charge in [-0.15, -0.1) is 0 Å². The monoisotopic (exact) mass is 643 g/mol. The van der Waals surface area contributed by atoms with Crippen molar-refractivity contribution in [1.82, 2.24) is 0 Å². The Labute approximate surface area is 197 Å². The molecule has 0 saturated carbocycles. The summed E-state index contributed by atoms with van der Waals surface area (Å²) >= 11 is 0. The van der Waals surface area contributed by atoms with Crippen molar-refractivity contribution < 1.29 is 106 Å². The van der Waals surface area contributed by atoms with Crippen LogP contribution in [0.4, 0.5) is 101 Å². The maximum absolute atomic E-state index is 13.6. The van der Waals surface area contributed by atoms with Crippen molar-refractivity contribution in [2.24, 2.45) is 5.73 Å². The number of aliphatic hydroxyl groups excluding tert-OH is 1. The summed E-state index contributed by atoms with van der Waals surface area (Å²) in [5, 5.41) is 8.68. The van der Waals surface area contributed by atoms with Gasteiger partial charge in [-0.25, -0.2) is 4.39 Å². The van der Waals surface area contributed by atoms with Crippen LogP contribution in [0, 0.1) is 0 Å². The number of alkyl halides is 23. The summed E-state index contributed by atoms with van der Waals surface area (Å²) in [6.45, 7) is -1.60. The van der Waals surface area contributed by atoms with Crippen LogP contribution in [-0.4, -0.2) is 83.2 Å². The minimum atomic E-state index is -9.49. The zero-order valence-electron chi connectivity index (χ0n) is 17.2. The standard InChI is InChI=1S/C14H8F23NO/c15-4(16,1-3(39)2-38)6(18,19)8(22,23)10(26,27)12(30,31)11(28,29)9(24,25)7(20,21)5(17,13(32,33)34)14(35,36)37/h3,39H,1-2,38H2. The molecule has 0 fully saturated rings. The van der Waals surface area contributed by atoms with Crippen molar-refractivity contribution in [2.45, 2.75) is 77.9 Å². The molecule has 0 aliphatic carbocycles. The number of halogens is 23. The number of nitrogens with two attached hydrogens (primary N) is 1. The second kappa shape index (κ2) is 9.42. The summed E-state index contributed by atoms with van der Waals surface area (Å²) in [5.74, 6) is -70.9. The summed E-state index contributed by atoms with van der Waals surface area (Å²) in [5.41, 5.74) is -4.64. The topological polar surface area (TPSA) is 46.2 Å². The van der Waals surface area contributed by atoms with Gasteiger partial charge in [0.1, 0.15) is 0 Å². The van der Waals surface area contributed by atoms with Crippen LogP contribution in [0.2, 0.25) is 0 Å². The first-order chi connectivity index (χ1) is 16.5. The van der Waals surface area contributed by atoms with E-state index in [1.165, 1.54) is 0 Å². The van der Waals surface area contributed by atoms with Crippen molar-refractivity contribution in [3.05, 3.63) is 0 Å². The van der Waals surface area contributed by atoms with E-state index in [-0.39, 0.29) is 0 Å². The first kappa shape index (κ1) is 37.3. The van der Waals surface area contributed by atoms with Gasteiger partial charge in [0.15, 0.2) is 0 Å². The molecular formula is C14H8F23NO. The molecule has 0 saturated heterocycles. The largest absolute Gasteiger partial charge is 0.438 e. The van der Waals surface area contributed by atoms with Crippen LogP contribution in [0.25, 0.3) is 0 Å². The fourth-order valence-corrected chi connectivity index (χ4v) is 2.46. The van der Waals surface area contributed by atoms with E-state index in [0.717, 1.165) is 0 Å². The molecule has 1 unspecified atom stereocenters. The van der Waals surface area contributed by atoms with Gasteiger partial charge in [0, 0.05) is 13.0 Å². The number of hydrogen-bond acceptors (Lipinski definition) is 2. The Balaban J connectivity index is 7.30. The minimum absolute atomic E-state index is 1.60. The van der Waals surface area contributed by atoms with Crippen molar-refractivity contribution in [2.75, 3.05) is 6.54 Å². The highest BCUT2D eigenvalue weighted by Gasteiger charge is 2.99. The van der Waals surface area contributed by atoms with E-state index < -0.39 is 84.5 Å². The predicted octanol–water partition coefficient (Wildman–Crippen LogP) is 6.61. The Morgan fingerprint density at radius 2 is 0.641 bits per heavy atom. The number of rotatable bonds is 11. The molecular weight excluding hydrogens is 635 g/mol. The molecule has 0 spiro atoms. The second-order valence-electron chi connectivity index (χ2n) is 7.47.